The van der Waals surface area contributed by atoms with Crippen LogP contribution in [0.15, 0.2) is 36.7 Å². The van der Waals surface area contributed by atoms with Crippen LogP contribution in [0.1, 0.15) is 30.8 Å². The minimum absolute atomic E-state index is 0.0459. The third-order valence-electron chi connectivity index (χ3n) is 2.99. The van der Waals surface area contributed by atoms with E-state index in [1.165, 1.54) is 6.07 Å². The van der Waals surface area contributed by atoms with Gasteiger partial charge in [-0.15, -0.1) is 0 Å². The van der Waals surface area contributed by atoms with Crippen LogP contribution in [-0.2, 0) is 6.54 Å². The number of imidazole rings is 1. The Morgan fingerprint density at radius 2 is 2.15 bits per heavy atom. The smallest absolute Gasteiger partial charge is 0.387 e. The number of hydrogen-bond donors (Lipinski definition) is 2. The van der Waals surface area contributed by atoms with Gasteiger partial charge in [0.05, 0.1) is 6.04 Å². The molecule has 4 nitrogen and oxygen atoms in total. The Morgan fingerprint density at radius 1 is 1.35 bits per heavy atom. The lowest BCUT2D eigenvalue weighted by molar-refractivity contribution is -0.0505. The number of nitrogens with zero attached hydrogens (tertiary/aromatic N) is 1. The number of aromatic nitrogens is 2. The molecule has 0 spiro atoms. The normalized spacial score (nSPS) is 12.6. The van der Waals surface area contributed by atoms with Gasteiger partial charge < -0.3 is 15.0 Å². The fourth-order valence-corrected chi connectivity index (χ4v) is 2.00. The second-order valence-corrected chi connectivity index (χ2v) is 4.30. The number of rotatable bonds is 7. The highest BCUT2D eigenvalue weighted by Gasteiger charge is 2.13. The predicted molar refractivity (Wildman–Crippen MR) is 71.5 cm³/mol. The van der Waals surface area contributed by atoms with E-state index in [1.807, 2.05) is 6.92 Å². The zero-order valence-corrected chi connectivity index (χ0v) is 11.1. The summed E-state index contributed by atoms with van der Waals surface area (Å²) in [7, 11) is 0. The molecule has 1 atom stereocenters. The monoisotopic (exact) mass is 281 g/mol. The summed E-state index contributed by atoms with van der Waals surface area (Å²) in [6, 6.07) is 6.81. The summed E-state index contributed by atoms with van der Waals surface area (Å²) in [5.74, 6) is 1.03. The van der Waals surface area contributed by atoms with Crippen molar-refractivity contribution < 1.29 is 13.5 Å². The van der Waals surface area contributed by atoms with Crippen molar-refractivity contribution in [2.24, 2.45) is 0 Å². The first-order valence-corrected chi connectivity index (χ1v) is 6.46. The SMILES string of the molecule is CCC(NCc1ccccc1OC(F)F)c1ncc[nH]1. The molecule has 2 aromatic rings. The van der Waals surface area contributed by atoms with Gasteiger partial charge in [-0.3, -0.25) is 0 Å². The van der Waals surface area contributed by atoms with Crippen molar-refractivity contribution in [3.8, 4) is 5.75 Å². The molecule has 0 aliphatic rings. The summed E-state index contributed by atoms with van der Waals surface area (Å²) in [6.07, 6.45) is 4.28. The van der Waals surface area contributed by atoms with Crippen molar-refractivity contribution >= 4 is 0 Å². The van der Waals surface area contributed by atoms with Crippen LogP contribution in [0.25, 0.3) is 0 Å². The fourth-order valence-electron chi connectivity index (χ4n) is 2.00. The molecule has 0 radical (unpaired) electrons. The van der Waals surface area contributed by atoms with E-state index in [9.17, 15) is 8.78 Å². The topological polar surface area (TPSA) is 49.9 Å². The standard InChI is InChI=1S/C14H17F2N3O/c1-2-11(13-17-7-8-18-13)19-9-10-5-3-4-6-12(10)20-14(15)16/h3-8,11,14,19H,2,9H2,1H3,(H,17,18). The van der Waals surface area contributed by atoms with Crippen LogP contribution in [0.5, 0.6) is 5.75 Å². The molecule has 2 N–H and O–H groups in total. The van der Waals surface area contributed by atoms with Crippen LogP contribution in [0, 0.1) is 0 Å². The predicted octanol–water partition coefficient (Wildman–Crippen LogP) is 3.25. The maximum atomic E-state index is 12.3. The average Bonchev–Trinajstić information content (AvgIpc) is 2.95. The van der Waals surface area contributed by atoms with E-state index in [4.69, 9.17) is 0 Å². The van der Waals surface area contributed by atoms with Crippen molar-refractivity contribution in [2.45, 2.75) is 32.5 Å². The largest absolute Gasteiger partial charge is 0.434 e. The first-order valence-electron chi connectivity index (χ1n) is 6.46. The van der Waals surface area contributed by atoms with Crippen LogP contribution >= 0.6 is 0 Å². The van der Waals surface area contributed by atoms with Gasteiger partial charge in [0, 0.05) is 24.5 Å². The van der Waals surface area contributed by atoms with Crippen molar-refractivity contribution in [1.29, 1.82) is 0 Å². The second-order valence-electron chi connectivity index (χ2n) is 4.30. The van der Waals surface area contributed by atoms with E-state index >= 15 is 0 Å². The molecular formula is C14H17F2N3O. The summed E-state index contributed by atoms with van der Waals surface area (Å²) in [4.78, 5) is 7.25. The van der Waals surface area contributed by atoms with Crippen LogP contribution < -0.4 is 10.1 Å². The summed E-state index contributed by atoms with van der Waals surface area (Å²) in [5, 5.41) is 3.28. The number of benzene rings is 1. The molecule has 0 bridgehead atoms. The third kappa shape index (κ3) is 3.77. The molecule has 0 fully saturated rings. The molecule has 1 unspecified atom stereocenters. The molecule has 1 aromatic carbocycles. The summed E-state index contributed by atoms with van der Waals surface area (Å²) >= 11 is 0. The lowest BCUT2D eigenvalue weighted by Crippen LogP contribution is -2.22. The van der Waals surface area contributed by atoms with Crippen molar-refractivity contribution in [3.05, 3.63) is 48.0 Å². The number of ether oxygens (including phenoxy) is 1. The number of hydrogen-bond acceptors (Lipinski definition) is 3. The Kier molecular flexibility index (Phi) is 5.06. The molecule has 0 amide bonds. The number of alkyl halides is 2. The van der Waals surface area contributed by atoms with Crippen LogP contribution in [0.3, 0.4) is 0 Å². The highest BCUT2D eigenvalue weighted by Crippen LogP contribution is 2.21. The second kappa shape index (κ2) is 7.00. The Hall–Kier alpha value is -1.95. The van der Waals surface area contributed by atoms with Gasteiger partial charge in [-0.05, 0) is 12.5 Å². The van der Waals surface area contributed by atoms with E-state index in [-0.39, 0.29) is 11.8 Å². The minimum Gasteiger partial charge on any atom is -0.434 e. The zero-order valence-electron chi connectivity index (χ0n) is 11.1. The lowest BCUT2D eigenvalue weighted by atomic mass is 10.1. The minimum atomic E-state index is -2.82. The number of para-hydroxylation sites is 1. The first kappa shape index (κ1) is 14.5. The molecule has 0 aliphatic carbocycles. The molecule has 0 aliphatic heterocycles. The average molecular weight is 281 g/mol. The maximum Gasteiger partial charge on any atom is 0.387 e. The van der Waals surface area contributed by atoms with Gasteiger partial charge in [0.15, 0.2) is 0 Å². The fraction of sp³-hybridized carbons (Fsp3) is 0.357. The first-order chi connectivity index (χ1) is 9.70. The van der Waals surface area contributed by atoms with Crippen molar-refractivity contribution in [1.82, 2.24) is 15.3 Å². The van der Waals surface area contributed by atoms with Crippen LogP contribution in [-0.4, -0.2) is 16.6 Å². The van der Waals surface area contributed by atoms with Gasteiger partial charge in [-0.2, -0.15) is 8.78 Å². The third-order valence-corrected chi connectivity index (χ3v) is 2.99. The molecule has 0 saturated carbocycles. The van der Waals surface area contributed by atoms with E-state index in [2.05, 4.69) is 20.0 Å². The Labute approximate surface area is 116 Å². The molecule has 6 heteroatoms. The quantitative estimate of drug-likeness (QED) is 0.819. The molecule has 1 aromatic heterocycles. The number of aromatic amines is 1. The summed E-state index contributed by atoms with van der Waals surface area (Å²) < 4.78 is 29.2. The molecule has 0 saturated heterocycles. The Bertz CT molecular complexity index is 517. The molecule has 1 heterocycles. The van der Waals surface area contributed by atoms with E-state index in [1.54, 1.807) is 30.6 Å². The maximum absolute atomic E-state index is 12.3. The number of nitrogens with one attached hydrogen (secondary N) is 2. The van der Waals surface area contributed by atoms with Crippen LogP contribution in [0.4, 0.5) is 8.78 Å². The molecular weight excluding hydrogens is 264 g/mol. The summed E-state index contributed by atoms with van der Waals surface area (Å²) in [5.41, 5.74) is 0.692. The molecule has 2 rings (SSSR count). The van der Waals surface area contributed by atoms with E-state index in [0.717, 1.165) is 12.2 Å². The molecule has 108 valence electrons. The zero-order chi connectivity index (χ0) is 14.4. The highest BCUT2D eigenvalue weighted by molar-refractivity contribution is 5.33. The highest BCUT2D eigenvalue weighted by atomic mass is 19.3. The number of H-pyrrole nitrogens is 1. The van der Waals surface area contributed by atoms with Gasteiger partial charge >= 0.3 is 6.61 Å². The number of halogens is 2. The van der Waals surface area contributed by atoms with Gasteiger partial charge in [0.1, 0.15) is 11.6 Å². The van der Waals surface area contributed by atoms with Gasteiger partial charge in [0.25, 0.3) is 0 Å². The Balaban J connectivity index is 2.03. The van der Waals surface area contributed by atoms with E-state index in [0.29, 0.717) is 12.1 Å². The van der Waals surface area contributed by atoms with E-state index < -0.39 is 6.61 Å². The Morgan fingerprint density at radius 3 is 2.80 bits per heavy atom. The van der Waals surface area contributed by atoms with Crippen molar-refractivity contribution in [3.63, 3.8) is 0 Å². The van der Waals surface area contributed by atoms with Crippen molar-refractivity contribution in [2.75, 3.05) is 0 Å². The van der Waals surface area contributed by atoms with Gasteiger partial charge in [-0.25, -0.2) is 4.98 Å². The van der Waals surface area contributed by atoms with Crippen LogP contribution in [0.2, 0.25) is 0 Å². The molecule has 20 heavy (non-hydrogen) atoms. The lowest BCUT2D eigenvalue weighted by Gasteiger charge is -2.16. The van der Waals surface area contributed by atoms with Gasteiger partial charge in [0.2, 0.25) is 0 Å². The van der Waals surface area contributed by atoms with Gasteiger partial charge in [-0.1, -0.05) is 25.1 Å². The summed E-state index contributed by atoms with van der Waals surface area (Å²) in [6.45, 7) is -0.354.